The summed E-state index contributed by atoms with van der Waals surface area (Å²) in [5, 5.41) is 11.9. The fourth-order valence-electron chi connectivity index (χ4n) is 4.52. The topological polar surface area (TPSA) is 90.3 Å². The van der Waals surface area contributed by atoms with Gasteiger partial charge in [0.1, 0.15) is 17.5 Å². The van der Waals surface area contributed by atoms with Crippen LogP contribution in [0.4, 0.5) is 11.6 Å². The van der Waals surface area contributed by atoms with Crippen LogP contribution in [0.5, 0.6) is 11.5 Å². The number of allylic oxidation sites excluding steroid dienone is 1. The number of fused-ring (bicyclic) bond motifs is 1. The number of ether oxygens (including phenoxy) is 2. The van der Waals surface area contributed by atoms with Crippen LogP contribution in [0.3, 0.4) is 0 Å². The molecule has 1 unspecified atom stereocenters. The molecule has 0 saturated heterocycles. The molecule has 0 saturated carbocycles. The first-order valence-corrected chi connectivity index (χ1v) is 13.7. The number of aromatic nitrogens is 3. The molecule has 5 rings (SSSR count). The molecule has 0 radical (unpaired) electrons. The van der Waals surface area contributed by atoms with E-state index in [2.05, 4.69) is 10.6 Å². The highest BCUT2D eigenvalue weighted by molar-refractivity contribution is 7.98. The molecule has 1 atom stereocenters. The monoisotopic (exact) mass is 541 g/mol. The number of amides is 1. The zero-order valence-corrected chi connectivity index (χ0v) is 23.2. The molecule has 8 nitrogen and oxygen atoms in total. The van der Waals surface area contributed by atoms with Crippen LogP contribution in [0.15, 0.2) is 89.2 Å². The second-order valence-corrected chi connectivity index (χ2v) is 10.1. The summed E-state index contributed by atoms with van der Waals surface area (Å²) in [6.07, 6.45) is 0. The molecular weight excluding hydrogens is 510 g/mol. The number of methoxy groups -OCH3 is 1. The van der Waals surface area contributed by atoms with E-state index in [1.54, 1.807) is 11.8 Å². The van der Waals surface area contributed by atoms with E-state index < -0.39 is 6.04 Å². The van der Waals surface area contributed by atoms with Crippen molar-refractivity contribution >= 4 is 29.3 Å². The fourth-order valence-corrected chi connectivity index (χ4v) is 5.29. The van der Waals surface area contributed by atoms with E-state index in [0.717, 1.165) is 39.6 Å². The lowest BCUT2D eigenvalue weighted by Crippen LogP contribution is -2.31. The summed E-state index contributed by atoms with van der Waals surface area (Å²) in [5.41, 5.74) is 5.07. The van der Waals surface area contributed by atoms with Crippen molar-refractivity contribution in [2.75, 3.05) is 24.4 Å². The third-order valence-corrected chi connectivity index (χ3v) is 7.39. The number of anilines is 2. The van der Waals surface area contributed by atoms with Crippen LogP contribution in [0.1, 0.15) is 36.6 Å². The highest BCUT2D eigenvalue weighted by Gasteiger charge is 2.34. The van der Waals surface area contributed by atoms with Gasteiger partial charge in [-0.2, -0.15) is 4.98 Å². The summed E-state index contributed by atoms with van der Waals surface area (Å²) < 4.78 is 12.8. The van der Waals surface area contributed by atoms with Crippen molar-refractivity contribution in [1.82, 2.24) is 14.8 Å². The summed E-state index contributed by atoms with van der Waals surface area (Å²) in [7, 11) is 1.66. The predicted molar refractivity (Wildman–Crippen MR) is 154 cm³/mol. The first kappa shape index (κ1) is 26.4. The van der Waals surface area contributed by atoms with Gasteiger partial charge in [-0.15, -0.1) is 5.10 Å². The Morgan fingerprint density at radius 3 is 2.59 bits per heavy atom. The molecule has 200 valence electrons. The number of nitrogens with one attached hydrogen (secondary N) is 2. The number of aryl methyl sites for hydroxylation is 1. The van der Waals surface area contributed by atoms with Crippen LogP contribution >= 0.6 is 11.8 Å². The number of para-hydroxylation sites is 1. The van der Waals surface area contributed by atoms with Crippen LogP contribution in [0, 0.1) is 6.92 Å². The average Bonchev–Trinajstić information content (AvgIpc) is 3.35. The molecule has 39 heavy (non-hydrogen) atoms. The van der Waals surface area contributed by atoms with Crippen molar-refractivity contribution in [1.29, 1.82) is 0 Å². The molecule has 1 aliphatic heterocycles. The maximum absolute atomic E-state index is 13.8. The molecule has 0 spiro atoms. The summed E-state index contributed by atoms with van der Waals surface area (Å²) in [5.74, 6) is 2.66. The van der Waals surface area contributed by atoms with E-state index in [0.29, 0.717) is 29.0 Å². The molecule has 0 fully saturated rings. The van der Waals surface area contributed by atoms with Gasteiger partial charge in [0, 0.05) is 17.1 Å². The number of benzene rings is 3. The molecular formula is C30H31N5O3S. The Morgan fingerprint density at radius 2 is 1.85 bits per heavy atom. The molecule has 1 amide bonds. The van der Waals surface area contributed by atoms with Crippen LogP contribution in [-0.4, -0.2) is 34.4 Å². The predicted octanol–water partition coefficient (Wildman–Crippen LogP) is 6.21. The van der Waals surface area contributed by atoms with Crippen molar-refractivity contribution in [2.24, 2.45) is 0 Å². The van der Waals surface area contributed by atoms with Crippen LogP contribution < -0.4 is 20.1 Å². The molecule has 0 bridgehead atoms. The van der Waals surface area contributed by atoms with Gasteiger partial charge in [0.2, 0.25) is 11.1 Å². The standard InChI is InChI=1S/C30H31N5O3S/c1-5-38-23-15-13-22(14-16-23)27-26(28(36)32-25-12-7-6-9-19(25)2)20(3)31-29-33-30(34-35(27)29)39-18-21-10-8-11-24(17-21)37-4/h6-17,27H,5,18H2,1-4H3,(H,32,36)(H,31,33,34). The number of rotatable bonds is 9. The minimum atomic E-state index is -0.473. The zero-order chi connectivity index (χ0) is 27.4. The molecule has 1 aromatic heterocycles. The normalized spacial score (nSPS) is 14.4. The Kier molecular flexibility index (Phi) is 7.88. The van der Waals surface area contributed by atoms with E-state index in [1.807, 2.05) is 93.6 Å². The minimum Gasteiger partial charge on any atom is -0.497 e. The van der Waals surface area contributed by atoms with Crippen LogP contribution in [0.2, 0.25) is 0 Å². The van der Waals surface area contributed by atoms with E-state index >= 15 is 0 Å². The van der Waals surface area contributed by atoms with Gasteiger partial charge < -0.3 is 20.1 Å². The third-order valence-electron chi connectivity index (χ3n) is 6.48. The van der Waals surface area contributed by atoms with E-state index in [-0.39, 0.29) is 5.91 Å². The van der Waals surface area contributed by atoms with Gasteiger partial charge in [-0.1, -0.05) is 54.2 Å². The number of thioether (sulfide) groups is 1. The summed E-state index contributed by atoms with van der Waals surface area (Å²) in [4.78, 5) is 18.5. The van der Waals surface area contributed by atoms with Crippen LogP contribution in [-0.2, 0) is 10.5 Å². The van der Waals surface area contributed by atoms with E-state index in [4.69, 9.17) is 19.6 Å². The van der Waals surface area contributed by atoms with Crippen molar-refractivity contribution in [2.45, 2.75) is 37.7 Å². The van der Waals surface area contributed by atoms with Crippen molar-refractivity contribution < 1.29 is 14.3 Å². The molecule has 0 aliphatic carbocycles. The second kappa shape index (κ2) is 11.7. The quantitative estimate of drug-likeness (QED) is 0.243. The van der Waals surface area contributed by atoms with Crippen molar-refractivity contribution in [3.63, 3.8) is 0 Å². The van der Waals surface area contributed by atoms with E-state index in [1.165, 1.54) is 11.8 Å². The molecule has 3 aromatic carbocycles. The summed E-state index contributed by atoms with van der Waals surface area (Å²) in [6.45, 7) is 6.40. The lowest BCUT2D eigenvalue weighted by Gasteiger charge is -2.29. The first-order chi connectivity index (χ1) is 19.0. The number of carbonyl (C=O) groups is 1. The first-order valence-electron chi connectivity index (χ1n) is 12.8. The number of nitrogens with zero attached hydrogens (tertiary/aromatic N) is 3. The van der Waals surface area contributed by atoms with Gasteiger partial charge in [-0.25, -0.2) is 4.68 Å². The van der Waals surface area contributed by atoms with Gasteiger partial charge >= 0.3 is 0 Å². The molecule has 4 aromatic rings. The number of hydrogen-bond acceptors (Lipinski definition) is 7. The molecule has 2 N–H and O–H groups in total. The Labute approximate surface area is 232 Å². The van der Waals surface area contributed by atoms with E-state index in [9.17, 15) is 4.79 Å². The second-order valence-electron chi connectivity index (χ2n) is 9.14. The largest absolute Gasteiger partial charge is 0.497 e. The van der Waals surface area contributed by atoms with Gasteiger partial charge in [0.25, 0.3) is 5.91 Å². The lowest BCUT2D eigenvalue weighted by molar-refractivity contribution is -0.113. The number of carbonyl (C=O) groups excluding carboxylic acids is 1. The van der Waals surface area contributed by atoms with Crippen molar-refractivity contribution in [3.05, 3.63) is 101 Å². The van der Waals surface area contributed by atoms with Crippen LogP contribution in [0.25, 0.3) is 0 Å². The summed E-state index contributed by atoms with van der Waals surface area (Å²) in [6, 6.07) is 23.0. The maximum Gasteiger partial charge on any atom is 0.255 e. The Balaban J connectivity index is 1.48. The highest BCUT2D eigenvalue weighted by atomic mass is 32.2. The fraction of sp³-hybridized carbons (Fsp3) is 0.233. The molecule has 1 aliphatic rings. The SMILES string of the molecule is CCOc1ccc(C2C(C(=O)Nc3ccccc3C)=C(C)Nc3nc(SCc4cccc(OC)c4)nn32)cc1. The Bertz CT molecular complexity index is 1510. The highest BCUT2D eigenvalue weighted by Crippen LogP contribution is 2.37. The Morgan fingerprint density at radius 1 is 1.05 bits per heavy atom. The van der Waals surface area contributed by atoms with Gasteiger partial charge in [0.15, 0.2) is 0 Å². The van der Waals surface area contributed by atoms with Crippen molar-refractivity contribution in [3.8, 4) is 11.5 Å². The summed E-state index contributed by atoms with van der Waals surface area (Å²) >= 11 is 1.53. The minimum absolute atomic E-state index is 0.195. The van der Waals surface area contributed by atoms with Gasteiger partial charge in [0.05, 0.1) is 19.3 Å². The molecule has 9 heteroatoms. The third kappa shape index (κ3) is 5.78. The number of hydrogen-bond donors (Lipinski definition) is 2. The maximum atomic E-state index is 13.8. The smallest absolute Gasteiger partial charge is 0.255 e. The van der Waals surface area contributed by atoms with Gasteiger partial charge in [-0.05, 0) is 67.8 Å². The average molecular weight is 542 g/mol. The van der Waals surface area contributed by atoms with Gasteiger partial charge in [-0.3, -0.25) is 4.79 Å². The lowest BCUT2D eigenvalue weighted by atomic mass is 9.95. The Hall–Kier alpha value is -4.24. The molecule has 2 heterocycles. The zero-order valence-electron chi connectivity index (χ0n) is 22.4.